The molecule has 130 heavy (non-hydrogen) atoms. The summed E-state index contributed by atoms with van der Waals surface area (Å²) in [6, 6.07) is 58.5. The lowest BCUT2D eigenvalue weighted by atomic mass is 10.0. The molecule has 4 fully saturated rings. The van der Waals surface area contributed by atoms with Gasteiger partial charge < -0.3 is 94.8 Å². The van der Waals surface area contributed by atoms with Crippen LogP contribution >= 0.6 is 85.5 Å². The fourth-order valence-electron chi connectivity index (χ4n) is 12.3. The number of aromatic nitrogens is 2. The van der Waals surface area contributed by atoms with Gasteiger partial charge in [-0.3, -0.25) is 24.0 Å². The molecule has 0 atom stereocenters. The summed E-state index contributed by atoms with van der Waals surface area (Å²) in [6.07, 6.45) is 10.6. The van der Waals surface area contributed by atoms with Gasteiger partial charge >= 0.3 is 13.7 Å². The van der Waals surface area contributed by atoms with Crippen LogP contribution in [0.2, 0.25) is 20.1 Å². The molecule has 35 heteroatoms. The van der Waals surface area contributed by atoms with E-state index in [-0.39, 0.29) is 41.5 Å². The molecular formula is C95H103BBrCl6N10O17. The number of rotatable bonds is 26. The number of carboxylic acids is 1. The molecule has 0 bridgehead atoms. The van der Waals surface area contributed by atoms with Crippen LogP contribution in [0.15, 0.2) is 223 Å². The highest BCUT2D eigenvalue weighted by Crippen LogP contribution is 2.35. The molecule has 27 nitrogen and oxygen atoms in total. The van der Waals surface area contributed by atoms with Gasteiger partial charge in [-0.25, -0.2) is 14.8 Å². The number of morpholine rings is 4. The van der Waals surface area contributed by atoms with Crippen LogP contribution in [0, 0.1) is 0 Å². The molecule has 4 saturated heterocycles. The van der Waals surface area contributed by atoms with Crippen molar-refractivity contribution in [3.05, 3.63) is 277 Å². The molecular weight excluding hydrogens is 1860 g/mol. The number of halogens is 7. The molecule has 14 rings (SSSR count). The molecule has 4 aliphatic heterocycles. The van der Waals surface area contributed by atoms with Gasteiger partial charge in [-0.05, 0) is 209 Å². The lowest BCUT2D eigenvalue weighted by Crippen LogP contribution is -2.40. The van der Waals surface area contributed by atoms with E-state index in [9.17, 15) is 28.8 Å². The molecule has 2 aromatic heterocycles. The minimum absolute atomic E-state index is 0.00664. The first-order valence-electron chi connectivity index (χ1n) is 41.5. The van der Waals surface area contributed by atoms with Gasteiger partial charge in [0.25, 0.3) is 23.6 Å². The average molecular weight is 1960 g/mol. The second kappa shape index (κ2) is 57.9. The van der Waals surface area contributed by atoms with Crippen LogP contribution in [0.4, 0.5) is 11.6 Å². The molecule has 0 saturated carbocycles. The molecule has 5 amide bonds. The standard InChI is InChI=1S/C27H27ClN4O4.C20H22ClNO3.C19H21ClN2O3.C11H13BNO4.C9H10BrClO.C8H8N2O2.CH2Cl2/c28-23-17-22(20-3-5-21(6-4-20)27(34)32-12-15-35-16-13-32)7-8-24(23)36-14-11-30-26(33)10-2-19-1-9-25(29)31-18-19;1-2-11-25-19-8-7-17(14-18(19)21)15-3-5-16(6-4-15)20(23)22-9-12-24-13-10-22;20-17-13-16(5-6-18(17)25-10-7-21)14-1-3-15(4-2-14)19(23)22-8-11-24-12-9-22;14-11(13-5-7-16-8-6-13)9-1-3-10(4-2-9)17-12-15;1-2-5-12-9-4-3-7(10)6-8(9)11;9-7-3-1-6(5-10-7)2-4-8(11)12;2-1-3/h1-10,17-18H,11-16H2,(H2,29,31)(H,30,33);3-8,14H,2,9-13H2,1H3;1-6,13H,7-12,21H2;1-4,15H,5-8H2;3-4,6H,2,5H2,1H3;1-5H,(H2,9,10)(H,11,12);1H2/b10-2+;;;;;4-2+;. The van der Waals surface area contributed by atoms with Crippen LogP contribution in [-0.2, 0) is 28.5 Å². The Morgan fingerprint density at radius 3 is 1.05 bits per heavy atom. The van der Waals surface area contributed by atoms with Crippen molar-refractivity contribution in [3.8, 4) is 62.1 Å². The van der Waals surface area contributed by atoms with E-state index < -0.39 is 5.97 Å². The summed E-state index contributed by atoms with van der Waals surface area (Å²) in [7, 11) is 0.610. The number of nitrogen functional groups attached to an aromatic ring is 2. The Morgan fingerprint density at radius 2 is 0.746 bits per heavy atom. The normalized spacial score (nSPS) is 13.3. The molecule has 9 N–H and O–H groups in total. The van der Waals surface area contributed by atoms with Gasteiger partial charge in [-0.15, -0.1) is 23.2 Å². The first kappa shape index (κ1) is 104. The maximum absolute atomic E-state index is 12.6. The Kier molecular flexibility index (Phi) is 46.5. The van der Waals surface area contributed by atoms with E-state index in [2.05, 4.69) is 45.1 Å². The predicted octanol–water partition coefficient (Wildman–Crippen LogP) is 16.9. The van der Waals surface area contributed by atoms with E-state index >= 15 is 0 Å². The Labute approximate surface area is 795 Å². The fraction of sp³-hybridized carbons (Fsp3) is 0.284. The van der Waals surface area contributed by atoms with E-state index in [1.807, 2.05) is 149 Å². The Hall–Kier alpha value is -11.0. The number of alkyl halides is 2. The Bertz CT molecular complexity index is 5110. The number of nitrogens with zero attached hydrogens (tertiary/aromatic N) is 6. The van der Waals surface area contributed by atoms with E-state index in [1.54, 1.807) is 76.7 Å². The number of carbonyl (C=O) groups excluding carboxylic acids is 5. The lowest BCUT2D eigenvalue weighted by Gasteiger charge is -2.26. The van der Waals surface area contributed by atoms with E-state index in [1.165, 1.54) is 18.3 Å². The highest BCUT2D eigenvalue weighted by molar-refractivity contribution is 9.10. The monoisotopic (exact) mass is 1960 g/mol. The van der Waals surface area contributed by atoms with Gasteiger partial charge in [0.1, 0.15) is 53.6 Å². The fourth-order valence-corrected chi connectivity index (χ4v) is 13.7. The van der Waals surface area contributed by atoms with Crippen molar-refractivity contribution in [2.75, 3.05) is 162 Å². The van der Waals surface area contributed by atoms with E-state index in [0.29, 0.717) is 228 Å². The number of hydrogen-bond donors (Lipinski definition) is 6. The van der Waals surface area contributed by atoms with Crippen LogP contribution in [0.3, 0.4) is 0 Å². The minimum Gasteiger partial charge on any atom is -0.537 e. The van der Waals surface area contributed by atoms with Gasteiger partial charge in [0.05, 0.1) is 98.0 Å². The van der Waals surface area contributed by atoms with E-state index in [4.69, 9.17) is 139 Å². The number of amides is 5. The molecule has 0 aliphatic carbocycles. The molecule has 8 aromatic carbocycles. The van der Waals surface area contributed by atoms with Crippen molar-refractivity contribution >= 4 is 153 Å². The molecule has 6 heterocycles. The van der Waals surface area contributed by atoms with Crippen molar-refractivity contribution in [2.24, 2.45) is 5.73 Å². The van der Waals surface area contributed by atoms with E-state index in [0.717, 1.165) is 68.1 Å². The van der Waals surface area contributed by atoms with Gasteiger partial charge in [-0.1, -0.05) is 131 Å². The lowest BCUT2D eigenvalue weighted by molar-refractivity contribution is -0.131. The van der Waals surface area contributed by atoms with Crippen molar-refractivity contribution in [1.29, 1.82) is 0 Å². The van der Waals surface area contributed by atoms with Gasteiger partial charge in [0, 0.05) is 110 Å². The minimum atomic E-state index is -0.980. The predicted molar refractivity (Wildman–Crippen MR) is 516 cm³/mol. The zero-order valence-corrected chi connectivity index (χ0v) is 77.9. The Balaban J connectivity index is 0.000000199. The van der Waals surface area contributed by atoms with Crippen molar-refractivity contribution in [2.45, 2.75) is 26.7 Å². The number of aliphatic carboxylic acids is 1. The van der Waals surface area contributed by atoms with Gasteiger partial charge in [0.2, 0.25) is 5.91 Å². The number of carbonyl (C=O) groups is 6. The quantitative estimate of drug-likeness (QED) is 0.0127. The number of benzene rings is 8. The third kappa shape index (κ3) is 36.0. The molecule has 10 aromatic rings. The summed E-state index contributed by atoms with van der Waals surface area (Å²) >= 11 is 37.7. The molecule has 0 unspecified atom stereocenters. The SMILES string of the molecule is CCCOc1ccc(-c2ccc(C(=O)N3CCOCC3)cc2)cc1Cl.CCCOc1ccc(Br)cc1Cl.ClCCl.NCCOc1ccc(-c2ccc(C(=O)N3CCOCC3)cc2)cc1Cl.Nc1ccc(/C=C/C(=O)NCCOc2ccc(-c3ccc(C(=O)N4CCOCC4)cc3)cc2Cl)cn1.Nc1ccc(/C=C/C(=O)O)cn1.O=C(c1ccc(O[B]O)cc1)N1CCOCC1. The topological polar surface area (TPSA) is 355 Å². The summed E-state index contributed by atoms with van der Waals surface area (Å²) in [5.41, 5.74) is 26.3. The number of hydrogen-bond acceptors (Lipinski definition) is 21. The maximum Gasteiger partial charge on any atom is 0.569 e. The van der Waals surface area contributed by atoms with Crippen LogP contribution in [0.5, 0.6) is 28.7 Å². The summed E-state index contributed by atoms with van der Waals surface area (Å²) in [5, 5.41) is 22.0. The average Bonchev–Trinajstić information content (AvgIpc) is 0.825. The molecule has 1 radical (unpaired) electrons. The number of ether oxygens (including phenoxy) is 8. The molecule has 4 aliphatic rings. The summed E-state index contributed by atoms with van der Waals surface area (Å²) in [5.74, 6) is 2.81. The summed E-state index contributed by atoms with van der Waals surface area (Å²) < 4.78 is 49.0. The van der Waals surface area contributed by atoms with Gasteiger partial charge in [-0.2, -0.15) is 0 Å². The third-order valence-electron chi connectivity index (χ3n) is 19.0. The number of pyridine rings is 2. The first-order valence-corrected chi connectivity index (χ1v) is 44.9. The third-order valence-corrected chi connectivity index (χ3v) is 20.7. The number of nitrogens with one attached hydrogen (secondary N) is 1. The smallest absolute Gasteiger partial charge is 0.537 e. The first-order chi connectivity index (χ1) is 63.0. The zero-order chi connectivity index (χ0) is 93.4. The molecule has 687 valence electrons. The largest absolute Gasteiger partial charge is 0.569 e. The maximum atomic E-state index is 12.6. The molecule has 0 spiro atoms. The summed E-state index contributed by atoms with van der Waals surface area (Å²) in [6.45, 7) is 16.7. The van der Waals surface area contributed by atoms with Crippen LogP contribution in [-0.4, -0.2) is 233 Å². The van der Waals surface area contributed by atoms with Crippen LogP contribution in [0.25, 0.3) is 45.5 Å². The van der Waals surface area contributed by atoms with Crippen molar-refractivity contribution < 1.29 is 81.4 Å². The Morgan fingerprint density at radius 1 is 0.438 bits per heavy atom. The van der Waals surface area contributed by atoms with Crippen molar-refractivity contribution in [3.63, 3.8) is 0 Å². The highest BCUT2D eigenvalue weighted by atomic mass is 79.9. The van der Waals surface area contributed by atoms with Crippen molar-refractivity contribution in [1.82, 2.24) is 34.9 Å². The van der Waals surface area contributed by atoms with Crippen LogP contribution in [0.1, 0.15) is 79.2 Å². The number of nitrogens with two attached hydrogens (primary N) is 3. The number of carboxylic acid groups (broad SMARTS) is 1. The van der Waals surface area contributed by atoms with Crippen LogP contribution < -0.4 is 46.1 Å². The highest BCUT2D eigenvalue weighted by Gasteiger charge is 2.24. The second-order valence-corrected chi connectivity index (χ2v) is 31.6. The number of anilines is 2. The second-order valence-electron chi connectivity index (χ2n) is 28.2. The summed E-state index contributed by atoms with van der Waals surface area (Å²) in [4.78, 5) is 86.7. The van der Waals surface area contributed by atoms with Gasteiger partial charge in [0.15, 0.2) is 0 Å². The zero-order valence-electron chi connectivity index (χ0n) is 71.8.